The SMILES string of the molecule is C=CCCOCc1ccc(C2CCC(C/C=C/C)CC2)cc1. The fraction of sp³-hybridized carbons (Fsp3) is 0.524. The monoisotopic (exact) mass is 298 g/mol. The Morgan fingerprint density at radius 2 is 1.86 bits per heavy atom. The zero-order valence-corrected chi connectivity index (χ0v) is 14.0. The van der Waals surface area contributed by atoms with Gasteiger partial charge in [-0.2, -0.15) is 0 Å². The molecule has 0 bridgehead atoms. The molecule has 1 saturated carbocycles. The molecule has 0 aromatic heterocycles. The van der Waals surface area contributed by atoms with E-state index in [9.17, 15) is 0 Å². The van der Waals surface area contributed by atoms with Crippen LogP contribution in [0.15, 0.2) is 49.1 Å². The van der Waals surface area contributed by atoms with Crippen molar-refractivity contribution in [3.63, 3.8) is 0 Å². The fourth-order valence-corrected chi connectivity index (χ4v) is 3.30. The third-order valence-electron chi connectivity index (χ3n) is 4.74. The van der Waals surface area contributed by atoms with E-state index in [-0.39, 0.29) is 0 Å². The summed E-state index contributed by atoms with van der Waals surface area (Å²) in [6.07, 6.45) is 14.0. The lowest BCUT2D eigenvalue weighted by atomic mass is 9.77. The van der Waals surface area contributed by atoms with Gasteiger partial charge in [0, 0.05) is 0 Å². The molecule has 0 atom stereocenters. The molecule has 1 nitrogen and oxygen atoms in total. The normalized spacial score (nSPS) is 22.0. The van der Waals surface area contributed by atoms with Gasteiger partial charge in [0.1, 0.15) is 0 Å². The summed E-state index contributed by atoms with van der Waals surface area (Å²) in [4.78, 5) is 0. The molecule has 0 aliphatic heterocycles. The first-order valence-corrected chi connectivity index (χ1v) is 8.72. The minimum Gasteiger partial charge on any atom is -0.376 e. The Balaban J connectivity index is 1.77. The molecular weight excluding hydrogens is 268 g/mol. The van der Waals surface area contributed by atoms with Crippen molar-refractivity contribution in [1.82, 2.24) is 0 Å². The summed E-state index contributed by atoms with van der Waals surface area (Å²) in [7, 11) is 0. The Bertz CT molecular complexity index is 449. The zero-order chi connectivity index (χ0) is 15.6. The van der Waals surface area contributed by atoms with Gasteiger partial charge in [-0.15, -0.1) is 6.58 Å². The second-order valence-corrected chi connectivity index (χ2v) is 6.39. The van der Waals surface area contributed by atoms with Crippen molar-refractivity contribution >= 4 is 0 Å². The predicted molar refractivity (Wildman–Crippen MR) is 95.0 cm³/mol. The summed E-state index contributed by atoms with van der Waals surface area (Å²) in [5.74, 6) is 1.67. The van der Waals surface area contributed by atoms with Crippen molar-refractivity contribution in [2.75, 3.05) is 6.61 Å². The van der Waals surface area contributed by atoms with E-state index in [0.29, 0.717) is 6.61 Å². The lowest BCUT2D eigenvalue weighted by Gasteiger charge is -2.28. The Morgan fingerprint density at radius 3 is 2.50 bits per heavy atom. The third kappa shape index (κ3) is 5.46. The van der Waals surface area contributed by atoms with Gasteiger partial charge in [0.05, 0.1) is 13.2 Å². The number of allylic oxidation sites excluding steroid dienone is 2. The van der Waals surface area contributed by atoms with E-state index < -0.39 is 0 Å². The first-order chi connectivity index (χ1) is 10.8. The number of rotatable bonds is 8. The molecule has 0 spiro atoms. The standard InChI is InChI=1S/C21H30O/c1-3-5-7-18-8-12-20(13-9-18)21-14-10-19(11-15-21)17-22-16-6-4-2/h3-5,10-11,14-15,18,20H,2,6-9,12-13,16-17H2,1H3/b5-3+. The van der Waals surface area contributed by atoms with E-state index in [0.717, 1.165) is 24.9 Å². The average Bonchev–Trinajstić information content (AvgIpc) is 2.58. The van der Waals surface area contributed by atoms with Gasteiger partial charge in [-0.1, -0.05) is 42.5 Å². The summed E-state index contributed by atoms with van der Waals surface area (Å²) in [5, 5.41) is 0. The summed E-state index contributed by atoms with van der Waals surface area (Å²) >= 11 is 0. The third-order valence-corrected chi connectivity index (χ3v) is 4.74. The van der Waals surface area contributed by atoms with Gasteiger partial charge in [0.2, 0.25) is 0 Å². The van der Waals surface area contributed by atoms with E-state index in [4.69, 9.17) is 4.74 Å². The van der Waals surface area contributed by atoms with Crippen molar-refractivity contribution in [2.45, 2.75) is 58.0 Å². The number of hydrogen-bond donors (Lipinski definition) is 0. The quantitative estimate of drug-likeness (QED) is 0.421. The smallest absolute Gasteiger partial charge is 0.0717 e. The van der Waals surface area contributed by atoms with E-state index >= 15 is 0 Å². The summed E-state index contributed by atoms with van der Waals surface area (Å²) in [6.45, 7) is 7.30. The van der Waals surface area contributed by atoms with Gasteiger partial charge in [-0.05, 0) is 68.4 Å². The average molecular weight is 298 g/mol. The molecule has 1 aromatic carbocycles. The lowest BCUT2D eigenvalue weighted by molar-refractivity contribution is 0.125. The van der Waals surface area contributed by atoms with Crippen LogP contribution in [0.1, 0.15) is 62.5 Å². The predicted octanol–water partition coefficient (Wildman–Crippen LogP) is 6.02. The highest BCUT2D eigenvalue weighted by Crippen LogP contribution is 2.37. The van der Waals surface area contributed by atoms with Crippen LogP contribution < -0.4 is 0 Å². The molecule has 1 fully saturated rings. The van der Waals surface area contributed by atoms with Crippen molar-refractivity contribution in [2.24, 2.45) is 5.92 Å². The maximum absolute atomic E-state index is 5.62. The van der Waals surface area contributed by atoms with Gasteiger partial charge >= 0.3 is 0 Å². The molecule has 1 aromatic rings. The molecule has 120 valence electrons. The van der Waals surface area contributed by atoms with E-state index in [1.165, 1.54) is 43.2 Å². The molecular formula is C21H30O. The van der Waals surface area contributed by atoms with Crippen LogP contribution in [0, 0.1) is 5.92 Å². The molecule has 0 saturated heterocycles. The molecule has 0 heterocycles. The van der Waals surface area contributed by atoms with E-state index in [2.05, 4.69) is 49.9 Å². The highest BCUT2D eigenvalue weighted by Gasteiger charge is 2.21. The summed E-state index contributed by atoms with van der Waals surface area (Å²) in [5.41, 5.74) is 2.79. The van der Waals surface area contributed by atoms with Crippen LogP contribution in [-0.2, 0) is 11.3 Å². The molecule has 0 N–H and O–H groups in total. The summed E-state index contributed by atoms with van der Waals surface area (Å²) < 4.78 is 5.62. The highest BCUT2D eigenvalue weighted by molar-refractivity contribution is 5.25. The zero-order valence-electron chi connectivity index (χ0n) is 14.0. The summed E-state index contributed by atoms with van der Waals surface area (Å²) in [6, 6.07) is 9.08. The van der Waals surface area contributed by atoms with Crippen LogP contribution in [0.25, 0.3) is 0 Å². The maximum atomic E-state index is 5.62. The Hall–Kier alpha value is -1.34. The Kier molecular flexibility index (Phi) is 7.45. The first kappa shape index (κ1) is 17.0. The molecule has 1 heteroatoms. The van der Waals surface area contributed by atoms with Crippen LogP contribution in [-0.4, -0.2) is 6.61 Å². The van der Waals surface area contributed by atoms with Crippen molar-refractivity contribution in [3.05, 3.63) is 60.2 Å². The van der Waals surface area contributed by atoms with Gasteiger partial charge < -0.3 is 4.74 Å². The molecule has 0 amide bonds. The molecule has 2 rings (SSSR count). The Labute approximate surface area is 136 Å². The van der Waals surface area contributed by atoms with Crippen molar-refractivity contribution in [3.8, 4) is 0 Å². The van der Waals surface area contributed by atoms with Gasteiger partial charge in [-0.3, -0.25) is 0 Å². The second-order valence-electron chi connectivity index (χ2n) is 6.39. The van der Waals surface area contributed by atoms with Gasteiger partial charge in [0.15, 0.2) is 0 Å². The fourth-order valence-electron chi connectivity index (χ4n) is 3.30. The van der Waals surface area contributed by atoms with Crippen LogP contribution in [0.5, 0.6) is 0 Å². The molecule has 1 aliphatic carbocycles. The van der Waals surface area contributed by atoms with Crippen LogP contribution in [0.2, 0.25) is 0 Å². The van der Waals surface area contributed by atoms with E-state index in [1.807, 2.05) is 6.08 Å². The topological polar surface area (TPSA) is 9.23 Å². The van der Waals surface area contributed by atoms with Crippen molar-refractivity contribution in [1.29, 1.82) is 0 Å². The van der Waals surface area contributed by atoms with E-state index in [1.54, 1.807) is 0 Å². The molecule has 1 aliphatic rings. The minimum absolute atomic E-state index is 0.713. The van der Waals surface area contributed by atoms with Gasteiger partial charge in [0.25, 0.3) is 0 Å². The highest BCUT2D eigenvalue weighted by atomic mass is 16.5. The van der Waals surface area contributed by atoms with Crippen LogP contribution >= 0.6 is 0 Å². The number of ether oxygens (including phenoxy) is 1. The van der Waals surface area contributed by atoms with Crippen LogP contribution in [0.3, 0.4) is 0 Å². The lowest BCUT2D eigenvalue weighted by Crippen LogP contribution is -2.12. The number of benzene rings is 1. The Morgan fingerprint density at radius 1 is 1.14 bits per heavy atom. The van der Waals surface area contributed by atoms with Gasteiger partial charge in [-0.25, -0.2) is 0 Å². The maximum Gasteiger partial charge on any atom is 0.0717 e. The number of hydrogen-bond acceptors (Lipinski definition) is 1. The minimum atomic E-state index is 0.713. The van der Waals surface area contributed by atoms with Crippen LogP contribution in [0.4, 0.5) is 0 Å². The largest absolute Gasteiger partial charge is 0.376 e. The second kappa shape index (κ2) is 9.63. The first-order valence-electron chi connectivity index (χ1n) is 8.72. The molecule has 22 heavy (non-hydrogen) atoms. The molecule has 0 unspecified atom stereocenters. The molecule has 0 radical (unpaired) electrons. The van der Waals surface area contributed by atoms with Crippen molar-refractivity contribution < 1.29 is 4.74 Å².